The van der Waals surface area contributed by atoms with Gasteiger partial charge >= 0.3 is 0 Å². The number of aryl methyl sites for hydroxylation is 2. The highest BCUT2D eigenvalue weighted by molar-refractivity contribution is 5.96. The lowest BCUT2D eigenvalue weighted by molar-refractivity contribution is -0.120. The van der Waals surface area contributed by atoms with Gasteiger partial charge in [-0.05, 0) is 44.0 Å². The lowest BCUT2D eigenvalue weighted by atomic mass is 10.1. The highest BCUT2D eigenvalue weighted by Gasteiger charge is 2.32. The molecule has 0 radical (unpaired) electrons. The number of nitrogens with zero attached hydrogens (tertiary/aromatic N) is 3. The Morgan fingerprint density at radius 3 is 3.04 bits per heavy atom. The topological polar surface area (TPSA) is 80.5 Å². The Morgan fingerprint density at radius 2 is 2.32 bits per heavy atom. The van der Waals surface area contributed by atoms with Gasteiger partial charge in [-0.3, -0.25) is 9.69 Å². The summed E-state index contributed by atoms with van der Waals surface area (Å²) in [6.45, 7) is 5.30. The van der Waals surface area contributed by atoms with Gasteiger partial charge in [-0.2, -0.15) is 4.98 Å². The van der Waals surface area contributed by atoms with Crippen molar-refractivity contribution in [3.63, 3.8) is 0 Å². The number of carbonyl (C=O) groups excluding carboxylic acids is 1. The molecule has 0 spiro atoms. The number of aromatic nitrogens is 2. The number of carbonyl (C=O) groups is 1. The monoisotopic (exact) mass is 344 g/mol. The number of rotatable bonds is 6. The van der Waals surface area contributed by atoms with Gasteiger partial charge < -0.3 is 14.6 Å². The smallest absolute Gasteiger partial charge is 0.241 e. The maximum Gasteiger partial charge on any atom is 0.241 e. The van der Waals surface area contributed by atoms with Gasteiger partial charge in [0.05, 0.1) is 25.4 Å². The van der Waals surface area contributed by atoms with E-state index in [1.54, 1.807) is 7.11 Å². The molecule has 7 nitrogen and oxygen atoms in total. The predicted octanol–water partition coefficient (Wildman–Crippen LogP) is 2.55. The molecule has 1 aliphatic heterocycles. The second-order valence-corrected chi connectivity index (χ2v) is 6.28. The van der Waals surface area contributed by atoms with E-state index in [1.807, 2.05) is 32.0 Å². The fraction of sp³-hybridized carbons (Fsp3) is 0.500. The average Bonchev–Trinajstić information content (AvgIpc) is 3.24. The van der Waals surface area contributed by atoms with Crippen LogP contribution in [0.1, 0.15) is 37.0 Å². The Kier molecular flexibility index (Phi) is 5.33. The first-order chi connectivity index (χ1) is 12.1. The molecular weight excluding hydrogens is 320 g/mol. The SMILES string of the molecule is CCc1noc(CN2CCC[C@H]2C(=O)Nc2cc(C)ccc2OC)n1. The van der Waals surface area contributed by atoms with Gasteiger partial charge in [-0.15, -0.1) is 0 Å². The Morgan fingerprint density at radius 1 is 1.48 bits per heavy atom. The average molecular weight is 344 g/mol. The van der Waals surface area contributed by atoms with Crippen LogP contribution < -0.4 is 10.1 Å². The Bertz CT molecular complexity index is 744. The van der Waals surface area contributed by atoms with Crippen LogP contribution in [-0.4, -0.2) is 40.6 Å². The first-order valence-corrected chi connectivity index (χ1v) is 8.61. The van der Waals surface area contributed by atoms with E-state index in [1.165, 1.54) is 0 Å². The van der Waals surface area contributed by atoms with E-state index in [-0.39, 0.29) is 11.9 Å². The van der Waals surface area contributed by atoms with Gasteiger partial charge in [-0.1, -0.05) is 18.1 Å². The summed E-state index contributed by atoms with van der Waals surface area (Å²) in [5.41, 5.74) is 1.77. The third kappa shape index (κ3) is 3.99. The van der Waals surface area contributed by atoms with E-state index in [0.29, 0.717) is 29.7 Å². The lowest BCUT2D eigenvalue weighted by Crippen LogP contribution is -2.39. The number of ether oxygens (including phenoxy) is 1. The van der Waals surface area contributed by atoms with E-state index in [2.05, 4.69) is 20.4 Å². The molecule has 1 saturated heterocycles. The minimum Gasteiger partial charge on any atom is -0.495 e. The van der Waals surface area contributed by atoms with Crippen molar-refractivity contribution in [3.05, 3.63) is 35.5 Å². The van der Waals surface area contributed by atoms with Crippen LogP contribution in [0.25, 0.3) is 0 Å². The van der Waals surface area contributed by atoms with Crippen molar-refractivity contribution in [2.75, 3.05) is 19.0 Å². The molecule has 134 valence electrons. The number of anilines is 1. The number of methoxy groups -OCH3 is 1. The van der Waals surface area contributed by atoms with Gasteiger partial charge in [0, 0.05) is 6.42 Å². The van der Waals surface area contributed by atoms with Crippen LogP contribution in [0.2, 0.25) is 0 Å². The van der Waals surface area contributed by atoms with Gasteiger partial charge in [0.25, 0.3) is 0 Å². The molecule has 2 heterocycles. The van der Waals surface area contributed by atoms with Crippen LogP contribution >= 0.6 is 0 Å². The zero-order valence-corrected chi connectivity index (χ0v) is 14.9. The van der Waals surface area contributed by atoms with E-state index >= 15 is 0 Å². The van der Waals surface area contributed by atoms with Gasteiger partial charge in [0.2, 0.25) is 11.8 Å². The molecule has 0 bridgehead atoms. The zero-order chi connectivity index (χ0) is 17.8. The Hall–Kier alpha value is -2.41. The number of hydrogen-bond donors (Lipinski definition) is 1. The molecule has 3 rings (SSSR count). The van der Waals surface area contributed by atoms with E-state index in [0.717, 1.165) is 31.4 Å². The van der Waals surface area contributed by atoms with Crippen molar-refractivity contribution in [1.29, 1.82) is 0 Å². The molecular formula is C18H24N4O3. The number of benzene rings is 1. The standard InChI is InChI=1S/C18H24N4O3/c1-4-16-20-17(25-21-16)11-22-9-5-6-14(22)18(23)19-13-10-12(2)7-8-15(13)24-3/h7-8,10,14H,4-6,9,11H2,1-3H3,(H,19,23)/t14-/m0/s1. The van der Waals surface area contributed by atoms with Crippen molar-refractivity contribution in [2.24, 2.45) is 0 Å². The molecule has 0 unspecified atom stereocenters. The molecule has 1 atom stereocenters. The number of likely N-dealkylation sites (tertiary alicyclic amines) is 1. The van der Waals surface area contributed by atoms with E-state index in [4.69, 9.17) is 9.26 Å². The summed E-state index contributed by atoms with van der Waals surface area (Å²) in [7, 11) is 1.60. The first kappa shape index (κ1) is 17.4. The van der Waals surface area contributed by atoms with Crippen molar-refractivity contribution in [3.8, 4) is 5.75 Å². The highest BCUT2D eigenvalue weighted by atomic mass is 16.5. The van der Waals surface area contributed by atoms with Gasteiger partial charge in [0.15, 0.2) is 5.82 Å². The Balaban J connectivity index is 1.69. The number of nitrogens with one attached hydrogen (secondary N) is 1. The quantitative estimate of drug-likeness (QED) is 0.867. The largest absolute Gasteiger partial charge is 0.495 e. The van der Waals surface area contributed by atoms with Crippen molar-refractivity contribution >= 4 is 11.6 Å². The summed E-state index contributed by atoms with van der Waals surface area (Å²) in [4.78, 5) is 19.2. The van der Waals surface area contributed by atoms with Gasteiger partial charge in [0.1, 0.15) is 5.75 Å². The fourth-order valence-electron chi connectivity index (χ4n) is 3.12. The maximum absolute atomic E-state index is 12.8. The second kappa shape index (κ2) is 7.65. The minimum absolute atomic E-state index is 0.0309. The molecule has 0 saturated carbocycles. The minimum atomic E-state index is -0.206. The van der Waals surface area contributed by atoms with Gasteiger partial charge in [-0.25, -0.2) is 0 Å². The number of hydrogen-bond acceptors (Lipinski definition) is 6. The molecule has 1 aliphatic rings. The van der Waals surface area contributed by atoms with Crippen LogP contribution in [0.4, 0.5) is 5.69 Å². The molecule has 7 heteroatoms. The van der Waals surface area contributed by atoms with Crippen LogP contribution in [0, 0.1) is 6.92 Å². The summed E-state index contributed by atoms with van der Waals surface area (Å²) >= 11 is 0. The summed E-state index contributed by atoms with van der Waals surface area (Å²) in [6, 6.07) is 5.53. The summed E-state index contributed by atoms with van der Waals surface area (Å²) in [5, 5.41) is 6.92. The summed E-state index contributed by atoms with van der Waals surface area (Å²) in [6.07, 6.45) is 2.52. The molecule has 25 heavy (non-hydrogen) atoms. The highest BCUT2D eigenvalue weighted by Crippen LogP contribution is 2.27. The van der Waals surface area contributed by atoms with E-state index < -0.39 is 0 Å². The fourth-order valence-corrected chi connectivity index (χ4v) is 3.12. The summed E-state index contributed by atoms with van der Waals surface area (Å²) < 4.78 is 10.6. The van der Waals surface area contributed by atoms with Crippen molar-refractivity contribution < 1.29 is 14.1 Å². The lowest BCUT2D eigenvalue weighted by Gasteiger charge is -2.22. The zero-order valence-electron chi connectivity index (χ0n) is 14.9. The second-order valence-electron chi connectivity index (χ2n) is 6.28. The maximum atomic E-state index is 12.8. The molecule has 2 aromatic rings. The molecule has 0 aliphatic carbocycles. The molecule has 1 aromatic carbocycles. The van der Waals surface area contributed by atoms with Crippen LogP contribution in [0.15, 0.2) is 22.7 Å². The van der Waals surface area contributed by atoms with Crippen molar-refractivity contribution in [2.45, 2.75) is 45.7 Å². The van der Waals surface area contributed by atoms with Crippen LogP contribution in [-0.2, 0) is 17.8 Å². The molecule has 1 amide bonds. The van der Waals surface area contributed by atoms with Crippen LogP contribution in [0.5, 0.6) is 5.75 Å². The van der Waals surface area contributed by atoms with E-state index in [9.17, 15) is 4.79 Å². The molecule has 1 fully saturated rings. The Labute approximate surface area is 147 Å². The third-order valence-electron chi connectivity index (χ3n) is 4.44. The van der Waals surface area contributed by atoms with Crippen LogP contribution in [0.3, 0.4) is 0 Å². The molecule has 1 N–H and O–H groups in total. The van der Waals surface area contributed by atoms with Crippen molar-refractivity contribution in [1.82, 2.24) is 15.0 Å². The first-order valence-electron chi connectivity index (χ1n) is 8.61. The normalized spacial score (nSPS) is 17.6. The molecule has 1 aromatic heterocycles. The number of amides is 1. The third-order valence-corrected chi connectivity index (χ3v) is 4.44. The predicted molar refractivity (Wildman–Crippen MR) is 93.5 cm³/mol. The summed E-state index contributed by atoms with van der Waals surface area (Å²) in [5.74, 6) is 1.88.